The molecular formula is C16H21NO3. The Balaban J connectivity index is 2.41. The first-order valence-corrected chi connectivity index (χ1v) is 6.63. The highest BCUT2D eigenvalue weighted by Gasteiger charge is 2.36. The number of nitrogens with two attached hydrogens (primary N) is 1. The highest BCUT2D eigenvalue weighted by Crippen LogP contribution is 2.44. The summed E-state index contributed by atoms with van der Waals surface area (Å²) in [4.78, 5) is 11.2. The summed E-state index contributed by atoms with van der Waals surface area (Å²) in [5.41, 5.74) is 10.8. The second kappa shape index (κ2) is 4.85. The summed E-state index contributed by atoms with van der Waals surface area (Å²) < 4.78 is 10.7. The van der Waals surface area contributed by atoms with Crippen molar-refractivity contribution in [1.82, 2.24) is 0 Å². The third kappa shape index (κ3) is 2.26. The monoisotopic (exact) mass is 275 g/mol. The fourth-order valence-corrected chi connectivity index (χ4v) is 2.59. The molecule has 0 amide bonds. The molecule has 1 aromatic carbocycles. The van der Waals surface area contributed by atoms with E-state index in [1.165, 1.54) is 13.2 Å². The van der Waals surface area contributed by atoms with Crippen LogP contribution in [-0.2, 0) is 16.0 Å². The zero-order valence-corrected chi connectivity index (χ0v) is 12.7. The minimum Gasteiger partial charge on any atom is -0.483 e. The van der Waals surface area contributed by atoms with Crippen LogP contribution in [0, 0.1) is 20.8 Å². The number of carbonyl (C=O) groups excluding carboxylic acids is 1. The largest absolute Gasteiger partial charge is 0.483 e. The Morgan fingerprint density at radius 3 is 2.55 bits per heavy atom. The number of methoxy groups -OCH3 is 1. The molecule has 1 heterocycles. The minimum atomic E-state index is -0.535. The van der Waals surface area contributed by atoms with Crippen LogP contribution in [0.2, 0.25) is 0 Å². The van der Waals surface area contributed by atoms with E-state index >= 15 is 0 Å². The van der Waals surface area contributed by atoms with Gasteiger partial charge in [0, 0.05) is 23.7 Å². The van der Waals surface area contributed by atoms with Gasteiger partial charge in [-0.3, -0.25) is 0 Å². The van der Waals surface area contributed by atoms with Gasteiger partial charge in [0.15, 0.2) is 0 Å². The van der Waals surface area contributed by atoms with Crippen LogP contribution < -0.4 is 10.5 Å². The number of esters is 1. The van der Waals surface area contributed by atoms with Gasteiger partial charge in [0.1, 0.15) is 11.4 Å². The minimum absolute atomic E-state index is 0.380. The summed E-state index contributed by atoms with van der Waals surface area (Å²) in [7, 11) is 1.36. The van der Waals surface area contributed by atoms with E-state index in [1.807, 2.05) is 27.7 Å². The van der Waals surface area contributed by atoms with E-state index in [9.17, 15) is 4.79 Å². The number of fused-ring (bicyclic) bond motifs is 1. The molecule has 0 saturated heterocycles. The topological polar surface area (TPSA) is 61.5 Å². The molecule has 1 atom stereocenters. The molecule has 0 saturated carbocycles. The van der Waals surface area contributed by atoms with Gasteiger partial charge < -0.3 is 15.2 Å². The zero-order valence-electron chi connectivity index (χ0n) is 12.7. The van der Waals surface area contributed by atoms with E-state index < -0.39 is 5.60 Å². The first-order valence-electron chi connectivity index (χ1n) is 6.63. The average molecular weight is 275 g/mol. The molecule has 1 aliphatic rings. The highest BCUT2D eigenvalue weighted by atomic mass is 16.5. The van der Waals surface area contributed by atoms with Gasteiger partial charge in [0.2, 0.25) is 0 Å². The summed E-state index contributed by atoms with van der Waals surface area (Å²) >= 11 is 0. The van der Waals surface area contributed by atoms with Gasteiger partial charge in [-0.05, 0) is 50.5 Å². The van der Waals surface area contributed by atoms with E-state index in [0.717, 1.165) is 33.7 Å². The molecule has 2 rings (SSSR count). The molecule has 0 spiro atoms. The fraction of sp³-hybridized carbons (Fsp3) is 0.438. The smallest absolute Gasteiger partial charge is 0.330 e. The maximum Gasteiger partial charge on any atom is 0.330 e. The van der Waals surface area contributed by atoms with Crippen molar-refractivity contribution in [2.24, 2.45) is 0 Å². The van der Waals surface area contributed by atoms with Gasteiger partial charge in [-0.15, -0.1) is 0 Å². The number of carbonyl (C=O) groups is 1. The third-order valence-corrected chi connectivity index (χ3v) is 4.07. The van der Waals surface area contributed by atoms with Crippen molar-refractivity contribution < 1.29 is 14.3 Å². The second-order valence-electron chi connectivity index (χ2n) is 5.54. The van der Waals surface area contributed by atoms with E-state index in [1.54, 1.807) is 6.08 Å². The van der Waals surface area contributed by atoms with E-state index in [4.69, 9.17) is 10.5 Å². The van der Waals surface area contributed by atoms with E-state index in [-0.39, 0.29) is 5.97 Å². The van der Waals surface area contributed by atoms with Crippen LogP contribution in [0.25, 0.3) is 0 Å². The summed E-state index contributed by atoms with van der Waals surface area (Å²) in [6.07, 6.45) is 3.86. The lowest BCUT2D eigenvalue weighted by Crippen LogP contribution is -2.27. The molecule has 1 aromatic rings. The Bertz CT molecular complexity index is 565. The van der Waals surface area contributed by atoms with Crippen LogP contribution in [-0.4, -0.2) is 18.7 Å². The predicted molar refractivity (Wildman–Crippen MR) is 79.0 cm³/mol. The van der Waals surface area contributed by atoms with Crippen LogP contribution in [0.5, 0.6) is 5.75 Å². The second-order valence-corrected chi connectivity index (χ2v) is 5.54. The Kier molecular flexibility index (Phi) is 3.50. The number of rotatable bonds is 2. The van der Waals surface area contributed by atoms with Crippen molar-refractivity contribution in [3.05, 3.63) is 34.4 Å². The summed E-state index contributed by atoms with van der Waals surface area (Å²) in [5.74, 6) is 0.515. The maximum absolute atomic E-state index is 11.2. The standard InChI is InChI=1S/C16H21NO3/c1-9-10(2)15-12(11(3)14(9)17)8-16(4,20-15)7-6-13(18)19-5/h6-7H,8,17H2,1-5H3/b7-6-. The lowest BCUT2D eigenvalue weighted by atomic mass is 9.92. The number of ether oxygens (including phenoxy) is 2. The summed E-state index contributed by atoms with van der Waals surface area (Å²) in [6, 6.07) is 0. The Labute approximate surface area is 119 Å². The van der Waals surface area contributed by atoms with Gasteiger partial charge in [-0.2, -0.15) is 0 Å². The average Bonchev–Trinajstić information content (AvgIpc) is 2.79. The molecule has 4 heteroatoms. The number of nitrogen functional groups attached to an aromatic ring is 1. The van der Waals surface area contributed by atoms with Crippen LogP contribution in [0.1, 0.15) is 29.2 Å². The van der Waals surface area contributed by atoms with E-state index in [2.05, 4.69) is 4.74 Å². The molecule has 2 N–H and O–H groups in total. The van der Waals surface area contributed by atoms with Gasteiger partial charge >= 0.3 is 5.97 Å². The van der Waals surface area contributed by atoms with Crippen LogP contribution >= 0.6 is 0 Å². The number of hydrogen-bond donors (Lipinski definition) is 1. The summed E-state index contributed by atoms with van der Waals surface area (Å²) in [6.45, 7) is 7.98. The zero-order chi connectivity index (χ0) is 15.1. The quantitative estimate of drug-likeness (QED) is 0.512. The molecule has 1 unspecified atom stereocenters. The molecule has 0 aliphatic carbocycles. The van der Waals surface area contributed by atoms with Gasteiger partial charge in [0.25, 0.3) is 0 Å². The Morgan fingerprint density at radius 1 is 1.30 bits per heavy atom. The molecule has 0 radical (unpaired) electrons. The molecule has 4 nitrogen and oxygen atoms in total. The SMILES string of the molecule is COC(=O)/C=C\C1(C)Cc2c(C)c(N)c(C)c(C)c2O1. The van der Waals surface area contributed by atoms with Crippen molar-refractivity contribution in [2.75, 3.05) is 12.8 Å². The molecule has 0 bridgehead atoms. The van der Waals surface area contributed by atoms with Crippen molar-refractivity contribution in [3.63, 3.8) is 0 Å². The normalized spacial score (nSPS) is 20.9. The highest BCUT2D eigenvalue weighted by molar-refractivity contribution is 5.82. The van der Waals surface area contributed by atoms with Gasteiger partial charge in [0.05, 0.1) is 7.11 Å². The van der Waals surface area contributed by atoms with Gasteiger partial charge in [-0.1, -0.05) is 0 Å². The number of benzene rings is 1. The van der Waals surface area contributed by atoms with Crippen molar-refractivity contribution in [1.29, 1.82) is 0 Å². The lowest BCUT2D eigenvalue weighted by molar-refractivity contribution is -0.134. The number of hydrogen-bond acceptors (Lipinski definition) is 4. The van der Waals surface area contributed by atoms with Crippen molar-refractivity contribution >= 4 is 11.7 Å². The third-order valence-electron chi connectivity index (χ3n) is 4.07. The lowest BCUT2D eigenvalue weighted by Gasteiger charge is -2.20. The van der Waals surface area contributed by atoms with Crippen LogP contribution in [0.3, 0.4) is 0 Å². The Morgan fingerprint density at radius 2 is 1.95 bits per heavy atom. The maximum atomic E-state index is 11.2. The van der Waals surface area contributed by atoms with Crippen molar-refractivity contribution in [2.45, 2.75) is 39.7 Å². The van der Waals surface area contributed by atoms with Crippen molar-refractivity contribution in [3.8, 4) is 5.75 Å². The molecule has 108 valence electrons. The first kappa shape index (κ1) is 14.4. The predicted octanol–water partition coefficient (Wildman–Crippen LogP) is 2.62. The molecule has 0 fully saturated rings. The molecule has 0 aromatic heterocycles. The summed E-state index contributed by atoms with van der Waals surface area (Å²) in [5, 5.41) is 0. The van der Waals surface area contributed by atoms with Crippen LogP contribution in [0.15, 0.2) is 12.2 Å². The first-order chi connectivity index (χ1) is 9.29. The molecule has 20 heavy (non-hydrogen) atoms. The molecular weight excluding hydrogens is 254 g/mol. The molecule has 1 aliphatic heterocycles. The van der Waals surface area contributed by atoms with Crippen LogP contribution in [0.4, 0.5) is 5.69 Å². The van der Waals surface area contributed by atoms with Gasteiger partial charge in [-0.25, -0.2) is 4.79 Å². The number of anilines is 1. The fourth-order valence-electron chi connectivity index (χ4n) is 2.59. The van der Waals surface area contributed by atoms with E-state index in [0.29, 0.717) is 6.42 Å². The Hall–Kier alpha value is -1.97.